The number of halogens is 1. The Morgan fingerprint density at radius 1 is 1.17 bits per heavy atom. The Hall–Kier alpha value is -0.280. The van der Waals surface area contributed by atoms with Gasteiger partial charge in [-0.15, -0.1) is 12.4 Å². The van der Waals surface area contributed by atoms with E-state index in [1.165, 1.54) is 25.7 Å². The van der Waals surface area contributed by atoms with Crippen LogP contribution in [-0.4, -0.2) is 29.9 Å². The molecule has 4 heteroatoms. The minimum absolute atomic E-state index is 0. The second kappa shape index (κ2) is 5.79. The summed E-state index contributed by atoms with van der Waals surface area (Å²) in [6.07, 6.45) is 5.16. The summed E-state index contributed by atoms with van der Waals surface area (Å²) in [7, 11) is 0. The van der Waals surface area contributed by atoms with E-state index < -0.39 is 0 Å². The molecule has 2 fully saturated rings. The van der Waals surface area contributed by atoms with Crippen LogP contribution in [0.5, 0.6) is 0 Å². The zero-order valence-electron chi connectivity index (χ0n) is 11.8. The number of nitrogens with two attached hydrogens (primary N) is 1. The minimum Gasteiger partial charge on any atom is -0.341 e. The molecule has 18 heavy (non-hydrogen) atoms. The molecule has 0 radical (unpaired) electrons. The van der Waals surface area contributed by atoms with Crippen molar-refractivity contribution in [2.24, 2.45) is 23.0 Å². The number of rotatable bonds is 5. The molecule has 0 aromatic heterocycles. The molecule has 0 aromatic carbocycles. The molecular weight excluding hydrogens is 248 g/mol. The third-order valence-electron chi connectivity index (χ3n) is 3.86. The first kappa shape index (κ1) is 15.8. The lowest BCUT2D eigenvalue weighted by atomic mass is 9.86. The van der Waals surface area contributed by atoms with Gasteiger partial charge in [0, 0.05) is 13.1 Å². The maximum absolute atomic E-state index is 12.4. The van der Waals surface area contributed by atoms with Gasteiger partial charge < -0.3 is 10.6 Å². The molecule has 2 aliphatic carbocycles. The van der Waals surface area contributed by atoms with Gasteiger partial charge in [0.2, 0.25) is 5.91 Å². The van der Waals surface area contributed by atoms with Crippen LogP contribution in [0.2, 0.25) is 0 Å². The van der Waals surface area contributed by atoms with E-state index in [4.69, 9.17) is 5.73 Å². The molecule has 0 heterocycles. The number of nitrogens with zero attached hydrogens (tertiary/aromatic N) is 1. The van der Waals surface area contributed by atoms with Crippen LogP contribution in [0.25, 0.3) is 0 Å². The Balaban J connectivity index is 0.00000162. The maximum Gasteiger partial charge on any atom is 0.240 e. The van der Waals surface area contributed by atoms with E-state index in [2.05, 4.69) is 0 Å². The van der Waals surface area contributed by atoms with Crippen LogP contribution in [0.3, 0.4) is 0 Å². The predicted molar refractivity (Wildman–Crippen MR) is 76.7 cm³/mol. The standard InChI is InChI=1S/C14H26N2O.ClH/c1-14(2,3)12(15)13(17)16(8-10-4-5-10)9-11-6-7-11;/h10-12H,4-9,15H2,1-3H3;1H/t12-;/m1./s1. The van der Waals surface area contributed by atoms with E-state index in [9.17, 15) is 4.79 Å². The summed E-state index contributed by atoms with van der Waals surface area (Å²) in [5.74, 6) is 1.67. The van der Waals surface area contributed by atoms with Gasteiger partial charge in [-0.25, -0.2) is 0 Å². The highest BCUT2D eigenvalue weighted by molar-refractivity contribution is 5.85. The number of hydrogen-bond acceptors (Lipinski definition) is 2. The average Bonchev–Trinajstić information content (AvgIpc) is 3.06. The second-order valence-electron chi connectivity index (χ2n) is 6.97. The van der Waals surface area contributed by atoms with Gasteiger partial charge in [-0.1, -0.05) is 20.8 Å². The van der Waals surface area contributed by atoms with Crippen LogP contribution in [0.15, 0.2) is 0 Å². The summed E-state index contributed by atoms with van der Waals surface area (Å²) in [4.78, 5) is 14.5. The van der Waals surface area contributed by atoms with E-state index in [1.807, 2.05) is 25.7 Å². The summed E-state index contributed by atoms with van der Waals surface area (Å²) >= 11 is 0. The zero-order valence-corrected chi connectivity index (χ0v) is 12.6. The molecule has 2 rings (SSSR count). The van der Waals surface area contributed by atoms with Crippen molar-refractivity contribution in [1.82, 2.24) is 4.90 Å². The fourth-order valence-corrected chi connectivity index (χ4v) is 2.05. The SMILES string of the molecule is CC(C)(C)[C@H](N)C(=O)N(CC1CC1)CC1CC1.Cl. The first-order valence-electron chi connectivity index (χ1n) is 6.92. The van der Waals surface area contributed by atoms with Gasteiger partial charge in [0.1, 0.15) is 0 Å². The third kappa shape index (κ3) is 4.43. The van der Waals surface area contributed by atoms with E-state index >= 15 is 0 Å². The molecule has 3 nitrogen and oxygen atoms in total. The van der Waals surface area contributed by atoms with Crippen LogP contribution >= 0.6 is 12.4 Å². The van der Waals surface area contributed by atoms with Crippen molar-refractivity contribution in [3.63, 3.8) is 0 Å². The Kier molecular flexibility index (Phi) is 5.07. The van der Waals surface area contributed by atoms with Gasteiger partial charge in [-0.3, -0.25) is 4.79 Å². The Bertz CT molecular complexity index is 279. The highest BCUT2D eigenvalue weighted by Crippen LogP contribution is 2.34. The van der Waals surface area contributed by atoms with Gasteiger partial charge in [0.05, 0.1) is 6.04 Å². The molecule has 0 spiro atoms. The lowest BCUT2D eigenvalue weighted by Gasteiger charge is -2.32. The number of carbonyl (C=O) groups excluding carboxylic acids is 1. The highest BCUT2D eigenvalue weighted by Gasteiger charge is 2.36. The molecular formula is C14H27ClN2O. The monoisotopic (exact) mass is 274 g/mol. The van der Waals surface area contributed by atoms with Crippen molar-refractivity contribution in [2.75, 3.05) is 13.1 Å². The molecule has 0 unspecified atom stereocenters. The molecule has 0 bridgehead atoms. The fourth-order valence-electron chi connectivity index (χ4n) is 2.05. The normalized spacial score (nSPS) is 21.1. The van der Waals surface area contributed by atoms with Crippen molar-refractivity contribution in [1.29, 1.82) is 0 Å². The van der Waals surface area contributed by atoms with Crippen molar-refractivity contribution in [2.45, 2.75) is 52.5 Å². The third-order valence-corrected chi connectivity index (χ3v) is 3.86. The second-order valence-corrected chi connectivity index (χ2v) is 6.97. The van der Waals surface area contributed by atoms with Gasteiger partial charge in [0.15, 0.2) is 0 Å². The van der Waals surface area contributed by atoms with Crippen LogP contribution in [0, 0.1) is 17.3 Å². The van der Waals surface area contributed by atoms with E-state index in [-0.39, 0.29) is 29.8 Å². The minimum atomic E-state index is -0.361. The van der Waals surface area contributed by atoms with Crippen LogP contribution in [0.4, 0.5) is 0 Å². The van der Waals surface area contributed by atoms with Crippen molar-refractivity contribution in [3.05, 3.63) is 0 Å². The Labute approximate surface area is 117 Å². The molecule has 2 saturated carbocycles. The fraction of sp³-hybridized carbons (Fsp3) is 0.929. The topological polar surface area (TPSA) is 46.3 Å². The molecule has 2 aliphatic rings. The largest absolute Gasteiger partial charge is 0.341 e. The van der Waals surface area contributed by atoms with E-state index in [0.29, 0.717) is 0 Å². The molecule has 1 atom stereocenters. The van der Waals surface area contributed by atoms with Crippen LogP contribution < -0.4 is 5.73 Å². The number of carbonyl (C=O) groups is 1. The Morgan fingerprint density at radius 3 is 1.83 bits per heavy atom. The molecule has 0 aliphatic heterocycles. The zero-order chi connectivity index (χ0) is 12.6. The lowest BCUT2D eigenvalue weighted by Crippen LogP contribution is -2.51. The highest BCUT2D eigenvalue weighted by atomic mass is 35.5. The van der Waals surface area contributed by atoms with Crippen molar-refractivity contribution < 1.29 is 4.79 Å². The van der Waals surface area contributed by atoms with Crippen molar-refractivity contribution >= 4 is 18.3 Å². The smallest absolute Gasteiger partial charge is 0.240 e. The van der Waals surface area contributed by atoms with Crippen LogP contribution in [-0.2, 0) is 4.79 Å². The Morgan fingerprint density at radius 2 is 1.56 bits per heavy atom. The number of amides is 1. The number of hydrogen-bond donors (Lipinski definition) is 1. The summed E-state index contributed by atoms with van der Waals surface area (Å²) < 4.78 is 0. The van der Waals surface area contributed by atoms with Gasteiger partial charge in [0.25, 0.3) is 0 Å². The summed E-state index contributed by atoms with van der Waals surface area (Å²) in [6.45, 7) is 8.02. The van der Waals surface area contributed by atoms with Gasteiger partial charge >= 0.3 is 0 Å². The molecule has 106 valence electrons. The van der Waals surface area contributed by atoms with Crippen molar-refractivity contribution in [3.8, 4) is 0 Å². The predicted octanol–water partition coefficient (Wildman–Crippen LogP) is 2.43. The van der Waals surface area contributed by atoms with Gasteiger partial charge in [-0.05, 0) is 42.9 Å². The summed E-state index contributed by atoms with van der Waals surface area (Å²) in [5, 5.41) is 0. The first-order valence-corrected chi connectivity index (χ1v) is 6.92. The first-order chi connectivity index (χ1) is 7.88. The van der Waals surface area contributed by atoms with Gasteiger partial charge in [-0.2, -0.15) is 0 Å². The maximum atomic E-state index is 12.4. The quantitative estimate of drug-likeness (QED) is 0.837. The molecule has 0 aromatic rings. The molecule has 1 amide bonds. The average molecular weight is 275 g/mol. The summed E-state index contributed by atoms with van der Waals surface area (Å²) in [6, 6.07) is -0.361. The van der Waals surface area contributed by atoms with E-state index in [1.54, 1.807) is 0 Å². The summed E-state index contributed by atoms with van der Waals surface area (Å²) in [5.41, 5.74) is 5.96. The molecule has 0 saturated heterocycles. The molecule has 2 N–H and O–H groups in total. The van der Waals surface area contributed by atoms with E-state index in [0.717, 1.165) is 24.9 Å². The van der Waals surface area contributed by atoms with Crippen LogP contribution in [0.1, 0.15) is 46.5 Å². The lowest BCUT2D eigenvalue weighted by molar-refractivity contribution is -0.135.